The molecule has 0 aromatic heterocycles. The Kier molecular flexibility index (Phi) is 6.56. The number of carbonyl (C=O) groups is 1. The van der Waals surface area contributed by atoms with Crippen LogP contribution in [-0.4, -0.2) is 74.9 Å². The van der Waals surface area contributed by atoms with E-state index in [1.54, 1.807) is 17.9 Å². The minimum absolute atomic E-state index is 0.261. The number of carbonyl (C=O) groups excluding carboxylic acids is 1. The number of amides is 1. The van der Waals surface area contributed by atoms with Gasteiger partial charge in [-0.05, 0) is 31.2 Å². The first-order valence-corrected chi connectivity index (χ1v) is 11.2. The largest absolute Gasteiger partial charge is 0.442 e. The van der Waals surface area contributed by atoms with Crippen molar-refractivity contribution < 1.29 is 17.9 Å². The van der Waals surface area contributed by atoms with Crippen LogP contribution in [0, 0.1) is 11.3 Å². The minimum Gasteiger partial charge on any atom is -0.442 e. The summed E-state index contributed by atoms with van der Waals surface area (Å²) in [4.78, 5) is 16.5. The molecule has 2 fully saturated rings. The van der Waals surface area contributed by atoms with Gasteiger partial charge in [-0.25, -0.2) is 13.2 Å². The van der Waals surface area contributed by atoms with Crippen LogP contribution in [0.2, 0.25) is 0 Å². The van der Waals surface area contributed by atoms with Gasteiger partial charge in [-0.2, -0.15) is 9.57 Å². The topological polar surface area (TPSA) is 106 Å². The lowest BCUT2D eigenvalue weighted by Gasteiger charge is -2.35. The molecule has 2 saturated heterocycles. The van der Waals surface area contributed by atoms with Crippen molar-refractivity contribution in [3.63, 3.8) is 0 Å². The van der Waals surface area contributed by atoms with Crippen molar-refractivity contribution in [3.8, 4) is 6.07 Å². The van der Waals surface area contributed by atoms with Crippen molar-refractivity contribution in [2.45, 2.75) is 13.0 Å². The Balaban J connectivity index is 1.58. The van der Waals surface area contributed by atoms with Crippen LogP contribution in [0.5, 0.6) is 0 Å². The number of anilines is 2. The molecule has 1 amide bonds. The highest BCUT2D eigenvalue weighted by atomic mass is 32.2. The van der Waals surface area contributed by atoms with E-state index in [9.17, 15) is 13.2 Å². The van der Waals surface area contributed by atoms with Crippen molar-refractivity contribution in [3.05, 3.63) is 24.3 Å². The standard InChI is InChI=1S/C18H23N5O4S2/c1-14(28)20-12-17-13-23(18(24)27-17)16-4-2-15(3-5-16)21-7-9-22(10-8-21)29(25,26)11-6-19/h2-5,17H,7-13H2,1H3,(H,20,28)/t17-/m0/s1. The third-order valence-electron chi connectivity index (χ3n) is 4.86. The Morgan fingerprint density at radius 1 is 1.24 bits per heavy atom. The molecule has 2 heterocycles. The van der Waals surface area contributed by atoms with Crippen molar-refractivity contribution in [2.75, 3.05) is 54.8 Å². The van der Waals surface area contributed by atoms with Crippen LogP contribution >= 0.6 is 12.2 Å². The molecule has 0 saturated carbocycles. The van der Waals surface area contributed by atoms with Gasteiger partial charge >= 0.3 is 6.09 Å². The monoisotopic (exact) mass is 437 g/mol. The lowest BCUT2D eigenvalue weighted by atomic mass is 10.2. The van der Waals surface area contributed by atoms with Crippen molar-refractivity contribution in [1.29, 1.82) is 5.26 Å². The van der Waals surface area contributed by atoms with E-state index in [1.807, 2.05) is 24.3 Å². The number of benzene rings is 1. The van der Waals surface area contributed by atoms with E-state index in [-0.39, 0.29) is 12.2 Å². The zero-order valence-corrected chi connectivity index (χ0v) is 17.7. The molecule has 0 bridgehead atoms. The molecule has 2 aliphatic rings. The van der Waals surface area contributed by atoms with Crippen LogP contribution in [0.25, 0.3) is 0 Å². The summed E-state index contributed by atoms with van der Waals surface area (Å²) in [6.45, 7) is 4.48. The molecule has 9 nitrogen and oxygen atoms in total. The summed E-state index contributed by atoms with van der Waals surface area (Å²) < 4.78 is 30.7. The average Bonchev–Trinajstić information content (AvgIpc) is 3.07. The lowest BCUT2D eigenvalue weighted by molar-refractivity contribution is 0.143. The highest BCUT2D eigenvalue weighted by Gasteiger charge is 2.32. The Bertz CT molecular complexity index is 905. The number of nitriles is 1. The fraction of sp³-hybridized carbons (Fsp3) is 0.500. The molecule has 29 heavy (non-hydrogen) atoms. The zero-order valence-electron chi connectivity index (χ0n) is 16.1. The Hall–Kier alpha value is -2.42. The number of nitrogens with one attached hydrogen (secondary N) is 1. The van der Waals surface area contributed by atoms with Crippen LogP contribution in [0.1, 0.15) is 6.92 Å². The predicted molar refractivity (Wildman–Crippen MR) is 114 cm³/mol. The Morgan fingerprint density at radius 2 is 1.86 bits per heavy atom. The second kappa shape index (κ2) is 8.94. The quantitative estimate of drug-likeness (QED) is 0.655. The van der Waals surface area contributed by atoms with Gasteiger partial charge in [-0.15, -0.1) is 0 Å². The molecular formula is C18H23N5O4S2. The summed E-state index contributed by atoms with van der Waals surface area (Å²) in [5.74, 6) is -0.492. The van der Waals surface area contributed by atoms with Crippen molar-refractivity contribution in [1.82, 2.24) is 9.62 Å². The summed E-state index contributed by atoms with van der Waals surface area (Å²) in [6, 6.07) is 9.24. The van der Waals surface area contributed by atoms with Gasteiger partial charge in [0.25, 0.3) is 0 Å². The molecule has 0 unspecified atom stereocenters. The van der Waals surface area contributed by atoms with E-state index in [0.29, 0.717) is 44.3 Å². The minimum atomic E-state index is -3.50. The lowest BCUT2D eigenvalue weighted by Crippen LogP contribution is -2.49. The van der Waals surface area contributed by atoms with Crippen LogP contribution in [0.3, 0.4) is 0 Å². The molecule has 1 aromatic rings. The van der Waals surface area contributed by atoms with Gasteiger partial charge in [0.05, 0.1) is 24.1 Å². The normalized spacial score (nSPS) is 20.3. The number of piperazine rings is 1. The van der Waals surface area contributed by atoms with E-state index in [0.717, 1.165) is 11.4 Å². The van der Waals surface area contributed by atoms with E-state index >= 15 is 0 Å². The molecular weight excluding hydrogens is 414 g/mol. The van der Waals surface area contributed by atoms with E-state index in [2.05, 4.69) is 10.2 Å². The summed E-state index contributed by atoms with van der Waals surface area (Å²) >= 11 is 4.98. The molecule has 0 spiro atoms. The first-order valence-electron chi connectivity index (χ1n) is 9.22. The second-order valence-electron chi connectivity index (χ2n) is 6.87. The van der Waals surface area contributed by atoms with Gasteiger partial charge in [-0.1, -0.05) is 12.2 Å². The van der Waals surface area contributed by atoms with Gasteiger partial charge in [0.15, 0.2) is 5.75 Å². The second-order valence-corrected chi connectivity index (χ2v) is 9.45. The summed E-state index contributed by atoms with van der Waals surface area (Å²) in [5, 5.41) is 11.7. The number of cyclic esters (lactones) is 1. The van der Waals surface area contributed by atoms with Crippen LogP contribution in [0.15, 0.2) is 24.3 Å². The van der Waals surface area contributed by atoms with Gasteiger partial charge in [-0.3, -0.25) is 4.90 Å². The first kappa shape index (κ1) is 21.3. The number of hydrogen-bond donors (Lipinski definition) is 1. The fourth-order valence-corrected chi connectivity index (χ4v) is 4.49. The highest BCUT2D eigenvalue weighted by molar-refractivity contribution is 7.89. The predicted octanol–water partition coefficient (Wildman–Crippen LogP) is 0.924. The van der Waals surface area contributed by atoms with Gasteiger partial charge in [0.2, 0.25) is 10.0 Å². The van der Waals surface area contributed by atoms with E-state index in [4.69, 9.17) is 22.2 Å². The first-order chi connectivity index (χ1) is 13.8. The molecule has 1 aromatic carbocycles. The van der Waals surface area contributed by atoms with Crippen molar-refractivity contribution >= 4 is 44.7 Å². The average molecular weight is 438 g/mol. The smallest absolute Gasteiger partial charge is 0.414 e. The number of nitrogens with zero attached hydrogens (tertiary/aromatic N) is 4. The maximum atomic E-state index is 12.1. The molecule has 3 rings (SSSR count). The summed E-state index contributed by atoms with van der Waals surface area (Å²) in [5.41, 5.74) is 1.70. The molecule has 11 heteroatoms. The van der Waals surface area contributed by atoms with Gasteiger partial charge in [0, 0.05) is 37.6 Å². The molecule has 0 aliphatic carbocycles. The Labute approximate surface area is 175 Å². The highest BCUT2D eigenvalue weighted by Crippen LogP contribution is 2.25. The van der Waals surface area contributed by atoms with Crippen LogP contribution in [-0.2, 0) is 14.8 Å². The number of sulfonamides is 1. The number of rotatable bonds is 6. The molecule has 0 radical (unpaired) electrons. The number of thiocarbonyl (C=S) groups is 1. The van der Waals surface area contributed by atoms with Crippen LogP contribution in [0.4, 0.5) is 16.2 Å². The summed E-state index contributed by atoms with van der Waals surface area (Å²) in [7, 11) is -3.50. The molecule has 156 valence electrons. The number of hydrogen-bond acceptors (Lipinski definition) is 7. The summed E-state index contributed by atoms with van der Waals surface area (Å²) in [6.07, 6.45) is -0.647. The zero-order chi connectivity index (χ0) is 21.0. The molecule has 1 atom stereocenters. The van der Waals surface area contributed by atoms with Crippen LogP contribution < -0.4 is 15.1 Å². The molecule has 2 aliphatic heterocycles. The van der Waals surface area contributed by atoms with Gasteiger partial charge in [0.1, 0.15) is 6.10 Å². The van der Waals surface area contributed by atoms with Gasteiger partial charge < -0.3 is 15.0 Å². The number of ether oxygens (including phenoxy) is 1. The Morgan fingerprint density at radius 3 is 2.45 bits per heavy atom. The van der Waals surface area contributed by atoms with E-state index in [1.165, 1.54) is 4.31 Å². The fourth-order valence-electron chi connectivity index (χ4n) is 3.34. The van der Waals surface area contributed by atoms with Crippen molar-refractivity contribution in [2.24, 2.45) is 0 Å². The maximum Gasteiger partial charge on any atom is 0.414 e. The maximum absolute atomic E-state index is 12.1. The third kappa shape index (κ3) is 5.14. The third-order valence-corrected chi connectivity index (χ3v) is 6.65. The van der Waals surface area contributed by atoms with E-state index < -0.39 is 15.8 Å². The SMILES string of the molecule is CC(=S)NC[C@H]1CN(c2ccc(N3CCN(S(=O)(=O)CC#N)CC3)cc2)C(=O)O1. The molecule has 1 N–H and O–H groups in total.